The van der Waals surface area contributed by atoms with Gasteiger partial charge in [-0.15, -0.1) is 0 Å². The second kappa shape index (κ2) is 5.24. The van der Waals surface area contributed by atoms with Crippen LogP contribution in [0.1, 0.15) is 0 Å². The number of hydrogen-bond donors (Lipinski definition) is 1. The summed E-state index contributed by atoms with van der Waals surface area (Å²) in [4.78, 5) is 0. The standard InChI is InChI=1S/C18H13N3S/c19-17-13(12-6-2-1-3-7-12)8-4-9-14(17)15-10-5-11-16-18(15)21-22-20-16/h1-11H,19H2. The molecule has 1 aromatic heterocycles. The first-order valence-electron chi connectivity index (χ1n) is 7.00. The predicted molar refractivity (Wildman–Crippen MR) is 92.7 cm³/mol. The van der Waals surface area contributed by atoms with Crippen molar-refractivity contribution < 1.29 is 0 Å². The fourth-order valence-electron chi connectivity index (χ4n) is 2.69. The van der Waals surface area contributed by atoms with Gasteiger partial charge in [0.25, 0.3) is 0 Å². The molecule has 4 aromatic rings. The Kier molecular flexibility index (Phi) is 3.09. The summed E-state index contributed by atoms with van der Waals surface area (Å²) in [6.07, 6.45) is 0. The topological polar surface area (TPSA) is 51.8 Å². The number of aromatic nitrogens is 2. The van der Waals surface area contributed by atoms with Crippen LogP contribution in [0, 0.1) is 0 Å². The van der Waals surface area contributed by atoms with Crippen molar-refractivity contribution in [2.24, 2.45) is 0 Å². The Balaban J connectivity index is 1.96. The van der Waals surface area contributed by atoms with Gasteiger partial charge in [-0.25, -0.2) is 0 Å². The SMILES string of the molecule is Nc1c(-c2ccccc2)cccc1-c1cccc2nsnc12. The molecular formula is C18H13N3S. The molecule has 0 atom stereocenters. The van der Waals surface area contributed by atoms with E-state index in [4.69, 9.17) is 5.73 Å². The number of hydrogen-bond acceptors (Lipinski definition) is 4. The molecule has 3 nitrogen and oxygen atoms in total. The van der Waals surface area contributed by atoms with E-state index in [0.717, 1.165) is 39.0 Å². The molecule has 0 unspecified atom stereocenters. The van der Waals surface area contributed by atoms with E-state index in [-0.39, 0.29) is 0 Å². The minimum atomic E-state index is 0.772. The lowest BCUT2D eigenvalue weighted by Gasteiger charge is -2.11. The summed E-state index contributed by atoms with van der Waals surface area (Å²) in [6.45, 7) is 0. The van der Waals surface area contributed by atoms with Crippen LogP contribution in [0.15, 0.2) is 66.7 Å². The maximum atomic E-state index is 6.46. The number of rotatable bonds is 2. The van der Waals surface area contributed by atoms with E-state index in [9.17, 15) is 0 Å². The molecule has 0 spiro atoms. The van der Waals surface area contributed by atoms with E-state index in [1.165, 1.54) is 11.7 Å². The highest BCUT2D eigenvalue weighted by atomic mass is 32.1. The van der Waals surface area contributed by atoms with Gasteiger partial charge in [0.15, 0.2) is 0 Å². The summed E-state index contributed by atoms with van der Waals surface area (Å²) in [5.74, 6) is 0. The largest absolute Gasteiger partial charge is 0.398 e. The average molecular weight is 303 g/mol. The second-order valence-electron chi connectivity index (χ2n) is 5.07. The molecule has 22 heavy (non-hydrogen) atoms. The van der Waals surface area contributed by atoms with Crippen LogP contribution < -0.4 is 5.73 Å². The lowest BCUT2D eigenvalue weighted by Crippen LogP contribution is -1.94. The third-order valence-corrected chi connectivity index (χ3v) is 4.31. The summed E-state index contributed by atoms with van der Waals surface area (Å²) in [7, 11) is 0. The molecule has 3 aromatic carbocycles. The summed E-state index contributed by atoms with van der Waals surface area (Å²) in [5, 5.41) is 0. The van der Waals surface area contributed by atoms with Crippen LogP contribution in [0.25, 0.3) is 33.3 Å². The second-order valence-corrected chi connectivity index (χ2v) is 5.60. The maximum Gasteiger partial charge on any atom is 0.112 e. The predicted octanol–water partition coefficient (Wildman–Crippen LogP) is 4.61. The van der Waals surface area contributed by atoms with Gasteiger partial charge in [0.05, 0.1) is 11.7 Å². The minimum absolute atomic E-state index is 0.772. The van der Waals surface area contributed by atoms with Crippen LogP contribution in [0.5, 0.6) is 0 Å². The molecule has 4 heteroatoms. The molecule has 0 bridgehead atoms. The molecule has 0 saturated heterocycles. The minimum Gasteiger partial charge on any atom is -0.398 e. The van der Waals surface area contributed by atoms with Crippen molar-refractivity contribution in [3.63, 3.8) is 0 Å². The molecule has 106 valence electrons. The summed E-state index contributed by atoms with van der Waals surface area (Å²) >= 11 is 1.23. The number of nitrogens with two attached hydrogens (primary N) is 1. The number of nitrogens with zero attached hydrogens (tertiary/aromatic N) is 2. The first kappa shape index (κ1) is 13.0. The van der Waals surface area contributed by atoms with Gasteiger partial charge in [0.2, 0.25) is 0 Å². The summed E-state index contributed by atoms with van der Waals surface area (Å²) < 4.78 is 8.72. The van der Waals surface area contributed by atoms with Gasteiger partial charge >= 0.3 is 0 Å². The lowest BCUT2D eigenvalue weighted by molar-refractivity contribution is 1.57. The Hall–Kier alpha value is -2.72. The molecule has 0 radical (unpaired) electrons. The van der Waals surface area contributed by atoms with E-state index in [2.05, 4.69) is 20.9 Å². The Morgan fingerprint density at radius 1 is 0.682 bits per heavy atom. The van der Waals surface area contributed by atoms with Crippen molar-refractivity contribution in [2.45, 2.75) is 0 Å². The van der Waals surface area contributed by atoms with Crippen molar-refractivity contribution >= 4 is 28.4 Å². The van der Waals surface area contributed by atoms with Crippen molar-refractivity contribution in [1.29, 1.82) is 0 Å². The fraction of sp³-hybridized carbons (Fsp3) is 0. The molecule has 2 N–H and O–H groups in total. The van der Waals surface area contributed by atoms with Gasteiger partial charge < -0.3 is 5.73 Å². The highest BCUT2D eigenvalue weighted by Gasteiger charge is 2.12. The quantitative estimate of drug-likeness (QED) is 0.550. The van der Waals surface area contributed by atoms with E-state index in [0.29, 0.717) is 0 Å². The average Bonchev–Trinajstić information content (AvgIpc) is 3.05. The van der Waals surface area contributed by atoms with E-state index >= 15 is 0 Å². The highest BCUT2D eigenvalue weighted by Crippen LogP contribution is 2.37. The molecule has 0 fully saturated rings. The van der Waals surface area contributed by atoms with Crippen LogP contribution in [0.2, 0.25) is 0 Å². The Morgan fingerprint density at radius 3 is 2.27 bits per heavy atom. The first-order chi connectivity index (χ1) is 10.8. The van der Waals surface area contributed by atoms with Gasteiger partial charge in [-0.05, 0) is 11.6 Å². The van der Waals surface area contributed by atoms with Crippen LogP contribution >= 0.6 is 11.7 Å². The van der Waals surface area contributed by atoms with Crippen molar-refractivity contribution in [3.8, 4) is 22.3 Å². The zero-order chi connectivity index (χ0) is 14.9. The Labute approximate surface area is 132 Å². The van der Waals surface area contributed by atoms with Gasteiger partial charge in [-0.3, -0.25) is 0 Å². The summed E-state index contributed by atoms with van der Waals surface area (Å²) in [5.41, 5.74) is 13.2. The summed E-state index contributed by atoms with van der Waals surface area (Å²) in [6, 6.07) is 22.3. The molecule has 0 aliphatic carbocycles. The molecular weight excluding hydrogens is 290 g/mol. The first-order valence-corrected chi connectivity index (χ1v) is 7.73. The van der Waals surface area contributed by atoms with Gasteiger partial charge in [0.1, 0.15) is 11.0 Å². The number of para-hydroxylation sites is 1. The smallest absolute Gasteiger partial charge is 0.112 e. The molecule has 1 heterocycles. The van der Waals surface area contributed by atoms with Crippen molar-refractivity contribution in [3.05, 3.63) is 66.7 Å². The molecule has 0 aliphatic rings. The third-order valence-electron chi connectivity index (χ3n) is 3.77. The van der Waals surface area contributed by atoms with Gasteiger partial charge in [0, 0.05) is 22.4 Å². The van der Waals surface area contributed by atoms with Crippen LogP contribution in [-0.4, -0.2) is 8.75 Å². The van der Waals surface area contributed by atoms with E-state index in [1.807, 2.05) is 54.6 Å². The Morgan fingerprint density at radius 2 is 1.41 bits per heavy atom. The van der Waals surface area contributed by atoms with E-state index in [1.54, 1.807) is 0 Å². The fourth-order valence-corrected chi connectivity index (χ4v) is 3.24. The zero-order valence-corrected chi connectivity index (χ0v) is 12.5. The Bertz CT molecular complexity index is 945. The lowest BCUT2D eigenvalue weighted by atomic mass is 9.96. The van der Waals surface area contributed by atoms with Crippen molar-refractivity contribution in [1.82, 2.24) is 8.75 Å². The van der Waals surface area contributed by atoms with Crippen LogP contribution in [-0.2, 0) is 0 Å². The monoisotopic (exact) mass is 303 g/mol. The van der Waals surface area contributed by atoms with Crippen LogP contribution in [0.4, 0.5) is 5.69 Å². The third kappa shape index (κ3) is 2.05. The zero-order valence-electron chi connectivity index (χ0n) is 11.7. The van der Waals surface area contributed by atoms with Gasteiger partial charge in [-0.1, -0.05) is 60.7 Å². The number of benzene rings is 3. The molecule has 4 rings (SSSR count). The maximum absolute atomic E-state index is 6.46. The van der Waals surface area contributed by atoms with Gasteiger partial charge in [-0.2, -0.15) is 8.75 Å². The highest BCUT2D eigenvalue weighted by molar-refractivity contribution is 7.00. The van der Waals surface area contributed by atoms with Crippen LogP contribution in [0.3, 0.4) is 0 Å². The number of nitrogen functional groups attached to an aromatic ring is 1. The number of fused-ring (bicyclic) bond motifs is 1. The number of anilines is 1. The molecule has 0 amide bonds. The molecule has 0 aliphatic heterocycles. The van der Waals surface area contributed by atoms with E-state index < -0.39 is 0 Å². The normalized spacial score (nSPS) is 10.9. The molecule has 0 saturated carbocycles. The van der Waals surface area contributed by atoms with Crippen molar-refractivity contribution in [2.75, 3.05) is 5.73 Å².